The van der Waals surface area contributed by atoms with Crippen molar-refractivity contribution in [3.8, 4) is 0 Å². The summed E-state index contributed by atoms with van der Waals surface area (Å²) < 4.78 is 7.50. The van der Waals surface area contributed by atoms with E-state index in [2.05, 4.69) is 71.9 Å². The third kappa shape index (κ3) is 7.47. The predicted molar refractivity (Wildman–Crippen MR) is 137 cm³/mol. The van der Waals surface area contributed by atoms with Crippen molar-refractivity contribution in [2.24, 2.45) is 12.0 Å². The summed E-state index contributed by atoms with van der Waals surface area (Å²) in [4.78, 5) is 7.21. The minimum atomic E-state index is -0.0661. The second kappa shape index (κ2) is 12.4. The first-order valence-corrected chi connectivity index (χ1v) is 10.9. The summed E-state index contributed by atoms with van der Waals surface area (Å²) in [6.45, 7) is 8.19. The molecule has 0 spiro atoms. The van der Waals surface area contributed by atoms with Gasteiger partial charge in [0.25, 0.3) is 0 Å². The molecule has 0 saturated carbocycles. The minimum absolute atomic E-state index is 0. The highest BCUT2D eigenvalue weighted by Gasteiger charge is 2.34. The fourth-order valence-electron chi connectivity index (χ4n) is 3.99. The van der Waals surface area contributed by atoms with E-state index in [1.807, 2.05) is 24.1 Å². The Bertz CT molecular complexity index is 803. The van der Waals surface area contributed by atoms with E-state index in [9.17, 15) is 0 Å². The molecule has 1 aromatic carbocycles. The van der Waals surface area contributed by atoms with Crippen molar-refractivity contribution in [3.05, 3.63) is 53.9 Å². The smallest absolute Gasteiger partial charge is 0.194 e. The van der Waals surface area contributed by atoms with Gasteiger partial charge in [-0.2, -0.15) is 5.10 Å². The largest absolute Gasteiger partial charge is 0.381 e. The van der Waals surface area contributed by atoms with Crippen molar-refractivity contribution >= 4 is 29.9 Å². The number of ether oxygens (including phenoxy) is 1. The molecular formula is C23H37IN6O. The van der Waals surface area contributed by atoms with Crippen molar-refractivity contribution in [3.63, 3.8) is 0 Å². The maximum Gasteiger partial charge on any atom is 0.194 e. The first-order valence-electron chi connectivity index (χ1n) is 10.9. The van der Waals surface area contributed by atoms with Crippen LogP contribution in [0.3, 0.4) is 0 Å². The maximum atomic E-state index is 5.67. The van der Waals surface area contributed by atoms with Crippen LogP contribution in [0.25, 0.3) is 0 Å². The van der Waals surface area contributed by atoms with Gasteiger partial charge in [-0.3, -0.25) is 9.67 Å². The first-order chi connectivity index (χ1) is 14.5. The van der Waals surface area contributed by atoms with Crippen LogP contribution in [-0.4, -0.2) is 59.5 Å². The average Bonchev–Trinajstić information content (AvgIpc) is 3.16. The number of rotatable bonds is 8. The lowest BCUT2D eigenvalue weighted by Crippen LogP contribution is -2.53. The lowest BCUT2D eigenvalue weighted by molar-refractivity contribution is 0.0373. The third-order valence-corrected chi connectivity index (χ3v) is 5.68. The highest BCUT2D eigenvalue weighted by molar-refractivity contribution is 14.0. The first kappa shape index (κ1) is 25.6. The number of hydrogen-bond acceptors (Lipinski definition) is 4. The molecule has 2 N–H and O–H groups in total. The molecule has 3 rings (SSSR count). The van der Waals surface area contributed by atoms with Crippen molar-refractivity contribution in [2.45, 2.75) is 44.8 Å². The van der Waals surface area contributed by atoms with Crippen molar-refractivity contribution in [1.82, 2.24) is 25.3 Å². The van der Waals surface area contributed by atoms with E-state index >= 15 is 0 Å². The van der Waals surface area contributed by atoms with Gasteiger partial charge in [-0.25, -0.2) is 0 Å². The summed E-state index contributed by atoms with van der Waals surface area (Å²) in [6.07, 6.45) is 5.87. The van der Waals surface area contributed by atoms with Gasteiger partial charge in [0.1, 0.15) is 0 Å². The Balaban J connectivity index is 0.00000341. The Labute approximate surface area is 203 Å². The van der Waals surface area contributed by atoms with E-state index in [1.165, 1.54) is 11.1 Å². The number of aryl methyl sites for hydroxylation is 1. The molecule has 0 radical (unpaired) electrons. The SMILES string of the molecule is CCNC(=NCC1(NC(C)c2ccccc2)CCOCC1)N(C)Cc1cnn(C)c1.I. The Morgan fingerprint density at radius 3 is 2.61 bits per heavy atom. The zero-order valence-corrected chi connectivity index (χ0v) is 21.5. The lowest BCUT2D eigenvalue weighted by atomic mass is 9.88. The van der Waals surface area contributed by atoms with E-state index in [0.717, 1.165) is 45.1 Å². The molecule has 2 aromatic rings. The van der Waals surface area contributed by atoms with Crippen molar-refractivity contribution < 1.29 is 4.74 Å². The number of guanidine groups is 1. The van der Waals surface area contributed by atoms with Crippen LogP contribution < -0.4 is 10.6 Å². The lowest BCUT2D eigenvalue weighted by Gasteiger charge is -2.39. The standard InChI is InChI=1S/C23H36N6O.HI/c1-5-24-22(28(3)16-20-15-26-29(4)17-20)25-18-23(11-13-30-14-12-23)27-19(2)21-9-7-6-8-10-21;/h6-10,15,17,19,27H,5,11-14,16,18H2,1-4H3,(H,24,25);1H. The molecule has 1 fully saturated rings. The quantitative estimate of drug-likeness (QED) is 0.306. The third-order valence-electron chi connectivity index (χ3n) is 5.68. The predicted octanol–water partition coefficient (Wildman–Crippen LogP) is 3.34. The molecule has 1 aliphatic rings. The van der Waals surface area contributed by atoms with Gasteiger partial charge in [-0.05, 0) is 32.3 Å². The van der Waals surface area contributed by atoms with Crippen LogP contribution in [-0.2, 0) is 18.3 Å². The van der Waals surface area contributed by atoms with Crippen LogP contribution in [0.4, 0.5) is 0 Å². The number of aromatic nitrogens is 2. The number of benzene rings is 1. The molecule has 2 heterocycles. The van der Waals surface area contributed by atoms with Crippen LogP contribution in [0.15, 0.2) is 47.7 Å². The minimum Gasteiger partial charge on any atom is -0.381 e. The van der Waals surface area contributed by atoms with Gasteiger partial charge in [0, 0.05) is 63.7 Å². The van der Waals surface area contributed by atoms with Crippen LogP contribution >= 0.6 is 24.0 Å². The summed E-state index contributed by atoms with van der Waals surface area (Å²) in [5.41, 5.74) is 2.40. The molecule has 7 nitrogen and oxygen atoms in total. The van der Waals surface area contributed by atoms with Crippen LogP contribution in [0.5, 0.6) is 0 Å². The Morgan fingerprint density at radius 2 is 2.00 bits per heavy atom. The molecule has 1 atom stereocenters. The highest BCUT2D eigenvalue weighted by Crippen LogP contribution is 2.26. The molecule has 0 aliphatic carbocycles. The number of halogens is 1. The summed E-state index contributed by atoms with van der Waals surface area (Å²) in [5.74, 6) is 0.918. The maximum absolute atomic E-state index is 5.67. The summed E-state index contributed by atoms with van der Waals surface area (Å²) >= 11 is 0. The van der Waals surface area contributed by atoms with Gasteiger partial charge in [0.05, 0.1) is 12.7 Å². The molecule has 0 bridgehead atoms. The van der Waals surface area contributed by atoms with E-state index < -0.39 is 0 Å². The van der Waals surface area contributed by atoms with Gasteiger partial charge >= 0.3 is 0 Å². The van der Waals surface area contributed by atoms with Crippen LogP contribution in [0.2, 0.25) is 0 Å². The van der Waals surface area contributed by atoms with Crippen LogP contribution in [0.1, 0.15) is 43.9 Å². The van der Waals surface area contributed by atoms with E-state index in [4.69, 9.17) is 9.73 Å². The molecule has 8 heteroatoms. The highest BCUT2D eigenvalue weighted by atomic mass is 127. The van der Waals surface area contributed by atoms with Crippen molar-refractivity contribution in [2.75, 3.05) is 33.4 Å². The number of hydrogen-bond donors (Lipinski definition) is 2. The average molecular weight is 540 g/mol. The Hall–Kier alpha value is -1.65. The molecule has 1 unspecified atom stereocenters. The Morgan fingerprint density at radius 1 is 1.29 bits per heavy atom. The number of nitrogens with one attached hydrogen (secondary N) is 2. The topological polar surface area (TPSA) is 66.7 Å². The summed E-state index contributed by atoms with van der Waals surface area (Å²) in [6, 6.07) is 10.9. The van der Waals surface area contributed by atoms with Gasteiger partial charge in [-0.1, -0.05) is 30.3 Å². The van der Waals surface area contributed by atoms with Gasteiger partial charge < -0.3 is 20.3 Å². The normalized spacial score (nSPS) is 17.0. The van der Waals surface area contributed by atoms with E-state index in [1.54, 1.807) is 0 Å². The number of nitrogens with zero attached hydrogens (tertiary/aromatic N) is 4. The molecule has 1 aliphatic heterocycles. The van der Waals surface area contributed by atoms with Gasteiger partial charge in [0.2, 0.25) is 0 Å². The van der Waals surface area contributed by atoms with Gasteiger partial charge in [0.15, 0.2) is 5.96 Å². The molecule has 1 saturated heterocycles. The molecule has 0 amide bonds. The molecule has 172 valence electrons. The van der Waals surface area contributed by atoms with E-state index in [-0.39, 0.29) is 35.6 Å². The molecule has 31 heavy (non-hydrogen) atoms. The fourth-order valence-corrected chi connectivity index (χ4v) is 3.99. The zero-order chi connectivity index (χ0) is 21.4. The van der Waals surface area contributed by atoms with Gasteiger partial charge in [-0.15, -0.1) is 24.0 Å². The summed E-state index contributed by atoms with van der Waals surface area (Å²) in [7, 11) is 4.02. The zero-order valence-electron chi connectivity index (χ0n) is 19.2. The second-order valence-electron chi connectivity index (χ2n) is 8.22. The molecule has 1 aromatic heterocycles. The fraction of sp³-hybridized carbons (Fsp3) is 0.565. The second-order valence-corrected chi connectivity index (χ2v) is 8.22. The number of aliphatic imine (C=N–C) groups is 1. The van der Waals surface area contributed by atoms with E-state index in [0.29, 0.717) is 6.54 Å². The van der Waals surface area contributed by atoms with Crippen molar-refractivity contribution in [1.29, 1.82) is 0 Å². The Kier molecular flexibility index (Phi) is 10.2. The van der Waals surface area contributed by atoms with Crippen LogP contribution in [0, 0.1) is 0 Å². The monoisotopic (exact) mass is 540 g/mol. The molecular weight excluding hydrogens is 503 g/mol. The summed E-state index contributed by atoms with van der Waals surface area (Å²) in [5, 5.41) is 11.6.